The minimum absolute atomic E-state index is 0.206. The van der Waals surface area contributed by atoms with Crippen LogP contribution < -0.4 is 10.6 Å². The third-order valence-electron chi connectivity index (χ3n) is 5.74. The number of phenols is 1. The molecule has 4 rings (SSSR count). The topological polar surface area (TPSA) is 104 Å². The second-order valence-electron chi connectivity index (χ2n) is 8.20. The molecule has 1 saturated heterocycles. The second kappa shape index (κ2) is 11.9. The smallest absolute Gasteiger partial charge is 0.319 e. The van der Waals surface area contributed by atoms with Crippen LogP contribution in [0, 0.1) is 0 Å². The van der Waals surface area contributed by atoms with E-state index in [0.717, 1.165) is 29.8 Å². The second-order valence-corrected chi connectivity index (χ2v) is 9.58. The maximum atomic E-state index is 12.2. The Morgan fingerprint density at radius 1 is 1.15 bits per heavy atom. The molecule has 2 aromatic carbocycles. The molecule has 180 valence electrons. The quantitative estimate of drug-likeness (QED) is 0.354. The zero-order valence-electron chi connectivity index (χ0n) is 19.4. The Bertz CT molecular complexity index is 1070. The van der Waals surface area contributed by atoms with Gasteiger partial charge in [-0.2, -0.15) is 0 Å². The lowest BCUT2D eigenvalue weighted by Crippen LogP contribution is -2.31. The number of aromatic hydroxyl groups is 1. The standard InChI is InChI=1S/C25H31N5O3S/c1-2-34-22(20-8-3-4-9-21(20)31)24-29-28-23(33-24)18-10-12-19(13-11-18)27-25(32)26-14-7-17-30-15-5-6-16-30/h3-4,8-13,22,31H,2,5-7,14-17H2,1H3,(H2,26,27,32). The molecule has 2 amide bonds. The zero-order valence-corrected chi connectivity index (χ0v) is 20.2. The molecule has 3 aromatic rings. The summed E-state index contributed by atoms with van der Waals surface area (Å²) in [5.74, 6) is 1.87. The van der Waals surface area contributed by atoms with Crippen molar-refractivity contribution in [2.45, 2.75) is 31.4 Å². The van der Waals surface area contributed by atoms with Crippen LogP contribution in [0.2, 0.25) is 0 Å². The van der Waals surface area contributed by atoms with E-state index in [-0.39, 0.29) is 17.0 Å². The SMILES string of the molecule is CCSC(c1nnc(-c2ccc(NC(=O)NCCCN3CCCC3)cc2)o1)c1ccccc1O. The van der Waals surface area contributed by atoms with Crippen molar-refractivity contribution in [3.63, 3.8) is 0 Å². The monoisotopic (exact) mass is 481 g/mol. The summed E-state index contributed by atoms with van der Waals surface area (Å²) in [5.41, 5.74) is 2.19. The number of aromatic nitrogens is 2. The van der Waals surface area contributed by atoms with Gasteiger partial charge in [-0.15, -0.1) is 22.0 Å². The van der Waals surface area contributed by atoms with Gasteiger partial charge < -0.3 is 25.1 Å². The van der Waals surface area contributed by atoms with Crippen LogP contribution in [0.1, 0.15) is 42.9 Å². The van der Waals surface area contributed by atoms with Gasteiger partial charge in [-0.1, -0.05) is 25.1 Å². The number of phenolic OH excluding ortho intramolecular Hbond substituents is 1. The van der Waals surface area contributed by atoms with Gasteiger partial charge in [-0.3, -0.25) is 0 Å². The molecule has 0 spiro atoms. The van der Waals surface area contributed by atoms with Crippen molar-refractivity contribution in [2.24, 2.45) is 0 Å². The molecule has 1 atom stereocenters. The number of rotatable bonds is 10. The number of thioether (sulfide) groups is 1. The number of hydrogen-bond acceptors (Lipinski definition) is 7. The number of nitrogens with one attached hydrogen (secondary N) is 2. The van der Waals surface area contributed by atoms with Crippen LogP contribution in [0.5, 0.6) is 5.75 Å². The Labute approximate surface area is 204 Å². The highest BCUT2D eigenvalue weighted by atomic mass is 32.2. The van der Waals surface area contributed by atoms with E-state index in [1.54, 1.807) is 23.9 Å². The van der Waals surface area contributed by atoms with E-state index in [2.05, 4.69) is 25.7 Å². The summed E-state index contributed by atoms with van der Waals surface area (Å²) in [6.45, 7) is 6.08. The molecule has 9 heteroatoms. The largest absolute Gasteiger partial charge is 0.508 e. The fraction of sp³-hybridized carbons (Fsp3) is 0.400. The first-order chi connectivity index (χ1) is 16.6. The maximum Gasteiger partial charge on any atom is 0.319 e. The molecule has 8 nitrogen and oxygen atoms in total. The summed E-state index contributed by atoms with van der Waals surface area (Å²) in [7, 11) is 0. The first-order valence-electron chi connectivity index (χ1n) is 11.7. The molecular weight excluding hydrogens is 450 g/mol. The normalized spacial score (nSPS) is 14.7. The number of nitrogens with zero attached hydrogens (tertiary/aromatic N) is 3. The van der Waals surface area contributed by atoms with Crippen molar-refractivity contribution in [2.75, 3.05) is 37.2 Å². The molecule has 0 bridgehead atoms. The van der Waals surface area contributed by atoms with Gasteiger partial charge in [0.25, 0.3) is 0 Å². The van der Waals surface area contributed by atoms with E-state index < -0.39 is 0 Å². The molecule has 0 radical (unpaired) electrons. The summed E-state index contributed by atoms with van der Waals surface area (Å²) >= 11 is 1.62. The molecule has 1 aromatic heterocycles. The molecule has 1 fully saturated rings. The maximum absolute atomic E-state index is 12.2. The van der Waals surface area contributed by atoms with E-state index in [1.165, 1.54) is 25.9 Å². The fourth-order valence-electron chi connectivity index (χ4n) is 4.01. The van der Waals surface area contributed by atoms with E-state index in [9.17, 15) is 9.90 Å². The van der Waals surface area contributed by atoms with Crippen molar-refractivity contribution >= 4 is 23.5 Å². The van der Waals surface area contributed by atoms with E-state index >= 15 is 0 Å². The van der Waals surface area contributed by atoms with Crippen LogP contribution in [-0.2, 0) is 0 Å². The summed E-state index contributed by atoms with van der Waals surface area (Å²) in [6, 6.07) is 14.3. The number of carbonyl (C=O) groups is 1. The Hall–Kier alpha value is -3.04. The lowest BCUT2D eigenvalue weighted by atomic mass is 10.1. The van der Waals surface area contributed by atoms with Crippen LogP contribution in [0.4, 0.5) is 10.5 Å². The minimum atomic E-state index is -0.248. The van der Waals surface area contributed by atoms with Crippen LogP contribution in [0.3, 0.4) is 0 Å². The van der Waals surface area contributed by atoms with Gasteiger partial charge >= 0.3 is 6.03 Å². The zero-order chi connectivity index (χ0) is 23.8. The van der Waals surface area contributed by atoms with Gasteiger partial charge in [0.2, 0.25) is 11.8 Å². The van der Waals surface area contributed by atoms with Crippen LogP contribution >= 0.6 is 11.8 Å². The number of hydrogen-bond donors (Lipinski definition) is 3. The number of carbonyl (C=O) groups excluding carboxylic acids is 1. The first kappa shape index (κ1) is 24.1. The molecule has 0 aliphatic carbocycles. The number of likely N-dealkylation sites (tertiary alicyclic amines) is 1. The van der Waals surface area contributed by atoms with Gasteiger partial charge in [-0.25, -0.2) is 4.79 Å². The molecule has 1 aliphatic heterocycles. The van der Waals surface area contributed by atoms with Crippen molar-refractivity contribution < 1.29 is 14.3 Å². The summed E-state index contributed by atoms with van der Waals surface area (Å²) in [6.07, 6.45) is 3.51. The number of benzene rings is 2. The van der Waals surface area contributed by atoms with Crippen LogP contribution in [-0.4, -0.2) is 58.2 Å². The third kappa shape index (κ3) is 6.30. The fourth-order valence-corrected chi connectivity index (χ4v) is 4.96. The number of anilines is 1. The van der Waals surface area contributed by atoms with Crippen molar-refractivity contribution in [3.8, 4) is 17.2 Å². The van der Waals surface area contributed by atoms with Gasteiger partial charge in [0.1, 0.15) is 11.0 Å². The third-order valence-corrected chi connectivity index (χ3v) is 6.86. The Morgan fingerprint density at radius 3 is 2.65 bits per heavy atom. The van der Waals surface area contributed by atoms with Gasteiger partial charge in [0.15, 0.2) is 0 Å². The molecule has 34 heavy (non-hydrogen) atoms. The molecule has 1 aliphatic rings. The predicted octanol–water partition coefficient (Wildman–Crippen LogP) is 4.89. The lowest BCUT2D eigenvalue weighted by molar-refractivity contribution is 0.251. The van der Waals surface area contributed by atoms with Crippen LogP contribution in [0.15, 0.2) is 52.9 Å². The number of urea groups is 1. The Morgan fingerprint density at radius 2 is 1.91 bits per heavy atom. The highest BCUT2D eigenvalue weighted by Gasteiger charge is 2.24. The number of amides is 2. The lowest BCUT2D eigenvalue weighted by Gasteiger charge is -2.14. The molecule has 3 N–H and O–H groups in total. The summed E-state index contributed by atoms with van der Waals surface area (Å²) in [5, 5.41) is 24.2. The average molecular weight is 482 g/mol. The molecule has 0 saturated carbocycles. The van der Waals surface area contributed by atoms with E-state index in [0.29, 0.717) is 24.0 Å². The highest BCUT2D eigenvalue weighted by Crippen LogP contribution is 2.39. The van der Waals surface area contributed by atoms with Crippen molar-refractivity contribution in [1.29, 1.82) is 0 Å². The Balaban J connectivity index is 1.33. The minimum Gasteiger partial charge on any atom is -0.508 e. The van der Waals surface area contributed by atoms with Gasteiger partial charge in [0, 0.05) is 23.4 Å². The molecule has 1 unspecified atom stereocenters. The van der Waals surface area contributed by atoms with Crippen LogP contribution in [0.25, 0.3) is 11.5 Å². The summed E-state index contributed by atoms with van der Waals surface area (Å²) < 4.78 is 5.96. The van der Waals surface area contributed by atoms with Crippen molar-refractivity contribution in [3.05, 3.63) is 60.0 Å². The number of para-hydroxylation sites is 1. The van der Waals surface area contributed by atoms with E-state index in [4.69, 9.17) is 4.42 Å². The van der Waals surface area contributed by atoms with Crippen molar-refractivity contribution in [1.82, 2.24) is 20.4 Å². The average Bonchev–Trinajstić information content (AvgIpc) is 3.54. The van der Waals surface area contributed by atoms with Gasteiger partial charge in [-0.05, 0) is 75.0 Å². The van der Waals surface area contributed by atoms with E-state index in [1.807, 2.05) is 43.3 Å². The molecular formula is C25H31N5O3S. The predicted molar refractivity (Wildman–Crippen MR) is 135 cm³/mol. The Kier molecular flexibility index (Phi) is 8.43. The summed E-state index contributed by atoms with van der Waals surface area (Å²) in [4.78, 5) is 14.6. The molecule has 2 heterocycles. The van der Waals surface area contributed by atoms with Gasteiger partial charge in [0.05, 0.1) is 0 Å². The highest BCUT2D eigenvalue weighted by molar-refractivity contribution is 7.99. The first-order valence-corrected chi connectivity index (χ1v) is 12.8.